The molecule has 0 bridgehead atoms. The Morgan fingerprint density at radius 3 is 2.88 bits per heavy atom. The summed E-state index contributed by atoms with van der Waals surface area (Å²) in [4.78, 5) is 13.3. The summed E-state index contributed by atoms with van der Waals surface area (Å²) in [7, 11) is 0. The maximum atomic E-state index is 11.6. The van der Waals surface area contributed by atoms with Crippen LogP contribution in [0.5, 0.6) is 0 Å². The molecule has 1 amide bonds. The Balaban J connectivity index is 1.65. The number of ether oxygens (including phenoxy) is 3. The van der Waals surface area contributed by atoms with Crippen molar-refractivity contribution in [2.24, 2.45) is 0 Å². The number of carbonyl (C=O) groups is 1. The first kappa shape index (κ1) is 11.6. The molecule has 2 fully saturated rings. The monoisotopic (exact) mass is 230 g/mol. The van der Waals surface area contributed by atoms with Crippen LogP contribution in [0, 0.1) is 0 Å². The van der Waals surface area contributed by atoms with E-state index in [1.807, 2.05) is 0 Å². The van der Waals surface area contributed by atoms with Crippen LogP contribution in [0.2, 0.25) is 0 Å². The van der Waals surface area contributed by atoms with Gasteiger partial charge in [-0.1, -0.05) is 0 Å². The highest BCUT2D eigenvalue weighted by atomic mass is 16.6. The van der Waals surface area contributed by atoms with Gasteiger partial charge in [0, 0.05) is 26.2 Å². The van der Waals surface area contributed by atoms with E-state index in [9.17, 15) is 4.79 Å². The summed E-state index contributed by atoms with van der Waals surface area (Å²) in [5.41, 5.74) is 0. The van der Waals surface area contributed by atoms with E-state index in [4.69, 9.17) is 14.2 Å². The lowest BCUT2D eigenvalue weighted by Crippen LogP contribution is -2.44. The second kappa shape index (κ2) is 6.03. The molecule has 1 atom stereocenters. The van der Waals surface area contributed by atoms with Gasteiger partial charge < -0.3 is 24.4 Å². The maximum Gasteiger partial charge on any atom is 0.410 e. The van der Waals surface area contributed by atoms with Gasteiger partial charge in [-0.3, -0.25) is 0 Å². The Labute approximate surface area is 94.8 Å². The second-order valence-electron chi connectivity index (χ2n) is 3.87. The lowest BCUT2D eigenvalue weighted by atomic mass is 10.3. The van der Waals surface area contributed by atoms with E-state index in [0.29, 0.717) is 39.5 Å². The molecule has 1 N–H and O–H groups in total. The molecule has 0 radical (unpaired) electrons. The van der Waals surface area contributed by atoms with Crippen molar-refractivity contribution in [2.75, 3.05) is 52.6 Å². The number of rotatable bonds is 2. The van der Waals surface area contributed by atoms with Gasteiger partial charge in [0.25, 0.3) is 0 Å². The summed E-state index contributed by atoms with van der Waals surface area (Å²) < 4.78 is 15.8. The van der Waals surface area contributed by atoms with Crippen LogP contribution in [0.25, 0.3) is 0 Å². The minimum atomic E-state index is -0.266. The number of nitrogens with zero attached hydrogens (tertiary/aromatic N) is 1. The zero-order valence-electron chi connectivity index (χ0n) is 9.31. The molecular formula is C10H18N2O4. The smallest absolute Gasteiger partial charge is 0.410 e. The Hall–Kier alpha value is -0.850. The van der Waals surface area contributed by atoms with Crippen LogP contribution in [0.4, 0.5) is 4.79 Å². The third-order valence-electron chi connectivity index (χ3n) is 2.67. The van der Waals surface area contributed by atoms with Crippen LogP contribution in [0.3, 0.4) is 0 Å². The van der Waals surface area contributed by atoms with Crippen molar-refractivity contribution in [3.63, 3.8) is 0 Å². The fourth-order valence-electron chi connectivity index (χ4n) is 1.73. The molecule has 6 nitrogen and oxygen atoms in total. The zero-order chi connectivity index (χ0) is 11.2. The van der Waals surface area contributed by atoms with E-state index >= 15 is 0 Å². The first-order valence-corrected chi connectivity index (χ1v) is 5.68. The summed E-state index contributed by atoms with van der Waals surface area (Å²) >= 11 is 0. The highest BCUT2D eigenvalue weighted by molar-refractivity contribution is 5.67. The number of morpholine rings is 2. The van der Waals surface area contributed by atoms with Gasteiger partial charge in [0.2, 0.25) is 0 Å². The summed E-state index contributed by atoms with van der Waals surface area (Å²) in [5.74, 6) is 0. The van der Waals surface area contributed by atoms with Crippen molar-refractivity contribution in [2.45, 2.75) is 6.10 Å². The number of amides is 1. The molecule has 92 valence electrons. The maximum absolute atomic E-state index is 11.6. The first-order valence-electron chi connectivity index (χ1n) is 5.68. The van der Waals surface area contributed by atoms with Gasteiger partial charge in [-0.25, -0.2) is 4.79 Å². The average Bonchev–Trinajstić information content (AvgIpc) is 2.38. The Bertz CT molecular complexity index is 225. The van der Waals surface area contributed by atoms with E-state index < -0.39 is 0 Å². The average molecular weight is 230 g/mol. The molecule has 2 rings (SSSR count). The van der Waals surface area contributed by atoms with E-state index in [1.54, 1.807) is 4.90 Å². The SMILES string of the molecule is O=C(OC[C@@H]1CNCCO1)N1CCOCC1. The predicted molar refractivity (Wildman–Crippen MR) is 56.3 cm³/mol. The van der Waals surface area contributed by atoms with Crippen molar-refractivity contribution in [3.05, 3.63) is 0 Å². The fourth-order valence-corrected chi connectivity index (χ4v) is 1.73. The minimum absolute atomic E-state index is 0.0151. The molecule has 6 heteroatoms. The van der Waals surface area contributed by atoms with Crippen molar-refractivity contribution < 1.29 is 19.0 Å². The van der Waals surface area contributed by atoms with Crippen LogP contribution in [0.15, 0.2) is 0 Å². The number of hydrogen-bond donors (Lipinski definition) is 1. The Morgan fingerprint density at radius 2 is 2.19 bits per heavy atom. The molecule has 2 heterocycles. The molecule has 2 saturated heterocycles. The molecule has 0 aromatic rings. The van der Waals surface area contributed by atoms with E-state index in [-0.39, 0.29) is 12.2 Å². The van der Waals surface area contributed by atoms with Crippen LogP contribution >= 0.6 is 0 Å². The third-order valence-corrected chi connectivity index (χ3v) is 2.67. The molecule has 0 aromatic heterocycles. The lowest BCUT2D eigenvalue weighted by Gasteiger charge is -2.28. The van der Waals surface area contributed by atoms with E-state index in [1.165, 1.54) is 0 Å². The second-order valence-corrected chi connectivity index (χ2v) is 3.87. The summed E-state index contributed by atoms with van der Waals surface area (Å²) in [6, 6.07) is 0. The zero-order valence-corrected chi connectivity index (χ0v) is 9.31. The molecule has 0 aromatic carbocycles. The van der Waals surface area contributed by atoms with Gasteiger partial charge in [0.15, 0.2) is 0 Å². The highest BCUT2D eigenvalue weighted by Crippen LogP contribution is 2.02. The van der Waals surface area contributed by atoms with E-state index in [2.05, 4.69) is 5.32 Å². The summed E-state index contributed by atoms with van der Waals surface area (Å²) in [6.07, 6.45) is -0.281. The van der Waals surface area contributed by atoms with E-state index in [0.717, 1.165) is 13.1 Å². The molecule has 0 saturated carbocycles. The van der Waals surface area contributed by atoms with Crippen LogP contribution in [0.1, 0.15) is 0 Å². The van der Waals surface area contributed by atoms with Gasteiger partial charge in [0.05, 0.1) is 19.8 Å². The predicted octanol–water partition coefficient (Wildman–Crippen LogP) is -0.556. The van der Waals surface area contributed by atoms with Crippen LogP contribution < -0.4 is 5.32 Å². The quantitative estimate of drug-likeness (QED) is 0.689. The summed E-state index contributed by atoms with van der Waals surface area (Å²) in [5, 5.41) is 3.19. The number of carbonyl (C=O) groups excluding carboxylic acids is 1. The molecular weight excluding hydrogens is 212 g/mol. The van der Waals surface area contributed by atoms with Crippen molar-refractivity contribution in [1.82, 2.24) is 10.2 Å². The van der Waals surface area contributed by atoms with Gasteiger partial charge in [-0.2, -0.15) is 0 Å². The number of nitrogens with one attached hydrogen (secondary N) is 1. The molecule has 0 unspecified atom stereocenters. The van der Waals surface area contributed by atoms with Gasteiger partial charge in [-0.15, -0.1) is 0 Å². The molecule has 0 aliphatic carbocycles. The van der Waals surface area contributed by atoms with Gasteiger partial charge >= 0.3 is 6.09 Å². The van der Waals surface area contributed by atoms with Gasteiger partial charge in [0.1, 0.15) is 12.7 Å². The fraction of sp³-hybridized carbons (Fsp3) is 0.900. The molecule has 0 spiro atoms. The Morgan fingerprint density at radius 1 is 1.38 bits per heavy atom. The van der Waals surface area contributed by atoms with Crippen molar-refractivity contribution in [1.29, 1.82) is 0 Å². The normalized spacial score (nSPS) is 26.5. The topological polar surface area (TPSA) is 60.0 Å². The standard InChI is InChI=1S/C10H18N2O4/c13-10(12-2-5-14-6-3-12)16-8-9-7-11-1-4-15-9/h9,11H,1-8H2/t9-/m0/s1. The van der Waals surface area contributed by atoms with Crippen LogP contribution in [-0.2, 0) is 14.2 Å². The number of hydrogen-bond acceptors (Lipinski definition) is 5. The molecule has 2 aliphatic rings. The van der Waals surface area contributed by atoms with Crippen LogP contribution in [-0.4, -0.2) is 69.7 Å². The lowest BCUT2D eigenvalue weighted by molar-refractivity contribution is -0.0263. The molecule has 2 aliphatic heterocycles. The van der Waals surface area contributed by atoms with Crippen molar-refractivity contribution in [3.8, 4) is 0 Å². The van der Waals surface area contributed by atoms with Gasteiger partial charge in [-0.05, 0) is 0 Å². The first-order chi connectivity index (χ1) is 7.86. The Kier molecular flexibility index (Phi) is 4.38. The third kappa shape index (κ3) is 3.33. The molecule has 16 heavy (non-hydrogen) atoms. The highest BCUT2D eigenvalue weighted by Gasteiger charge is 2.20. The summed E-state index contributed by atoms with van der Waals surface area (Å²) in [6.45, 7) is 5.03. The largest absolute Gasteiger partial charge is 0.447 e. The minimum Gasteiger partial charge on any atom is -0.447 e. The van der Waals surface area contributed by atoms with Crippen molar-refractivity contribution >= 4 is 6.09 Å².